The van der Waals surface area contributed by atoms with Gasteiger partial charge in [-0.3, -0.25) is 14.4 Å². The molecular weight excluding hydrogens is 225 g/mol. The van der Waals surface area contributed by atoms with Crippen LogP contribution in [0.2, 0.25) is 0 Å². The lowest BCUT2D eigenvalue weighted by molar-refractivity contribution is -0.159. The van der Waals surface area contributed by atoms with Crippen LogP contribution in [0.5, 0.6) is 0 Å². The summed E-state index contributed by atoms with van der Waals surface area (Å²) in [6, 6.07) is 0. The monoisotopic (exact) mass is 238 g/mol. The summed E-state index contributed by atoms with van der Waals surface area (Å²) >= 11 is 0. The minimum absolute atomic E-state index is 0.601. The number of alkyl halides is 3. The molecular formula is C10H13F3O3. The number of halogens is 3. The Morgan fingerprint density at radius 1 is 1.06 bits per heavy atom. The molecule has 0 spiro atoms. The predicted octanol–water partition coefficient (Wildman–Crippen LogP) is 1.73. The van der Waals surface area contributed by atoms with Crippen molar-refractivity contribution in [3.8, 4) is 0 Å². The molecule has 0 aliphatic heterocycles. The van der Waals surface area contributed by atoms with E-state index in [-0.39, 0.29) is 0 Å². The van der Waals surface area contributed by atoms with Crippen LogP contribution in [0, 0.1) is 5.41 Å². The van der Waals surface area contributed by atoms with Crippen LogP contribution in [-0.4, -0.2) is 29.4 Å². The van der Waals surface area contributed by atoms with Crippen molar-refractivity contribution in [3.63, 3.8) is 0 Å². The van der Waals surface area contributed by atoms with Gasteiger partial charge < -0.3 is 0 Å². The molecule has 0 bridgehead atoms. The van der Waals surface area contributed by atoms with Gasteiger partial charge >= 0.3 is 0 Å². The molecule has 0 aromatic heterocycles. The van der Waals surface area contributed by atoms with Crippen LogP contribution in [0.25, 0.3) is 0 Å². The van der Waals surface area contributed by atoms with Gasteiger partial charge in [0.05, 0.1) is 0 Å². The molecule has 1 unspecified atom stereocenters. The van der Waals surface area contributed by atoms with Gasteiger partial charge in [0.25, 0.3) is 17.9 Å². The van der Waals surface area contributed by atoms with Crippen molar-refractivity contribution in [1.82, 2.24) is 0 Å². The molecule has 0 fully saturated rings. The molecule has 0 amide bonds. The van der Waals surface area contributed by atoms with E-state index in [4.69, 9.17) is 0 Å². The highest BCUT2D eigenvalue weighted by molar-refractivity contribution is 6.29. The Balaban J connectivity index is 5.56. The lowest BCUT2D eigenvalue weighted by Crippen LogP contribution is -2.55. The Hall–Kier alpha value is -1.20. The van der Waals surface area contributed by atoms with E-state index in [0.717, 1.165) is 0 Å². The zero-order valence-corrected chi connectivity index (χ0v) is 9.44. The maximum Gasteiger partial charge on any atom is 0.300 e. The summed E-state index contributed by atoms with van der Waals surface area (Å²) in [4.78, 5) is 33.4. The van der Waals surface area contributed by atoms with Crippen LogP contribution in [0.1, 0.15) is 27.7 Å². The molecule has 0 radical (unpaired) electrons. The second-order valence-corrected chi connectivity index (χ2v) is 4.46. The average molecular weight is 238 g/mol. The number of hydrogen-bond acceptors (Lipinski definition) is 3. The van der Waals surface area contributed by atoms with Gasteiger partial charge in [0.1, 0.15) is 0 Å². The molecule has 0 N–H and O–H groups in total. The third-order valence-corrected chi connectivity index (χ3v) is 2.02. The zero-order chi connectivity index (χ0) is 13.3. The number of carbonyl (C=O) groups excluding carboxylic acids is 3. The van der Waals surface area contributed by atoms with Crippen molar-refractivity contribution >= 4 is 17.3 Å². The summed E-state index contributed by atoms with van der Waals surface area (Å²) in [6.45, 7) is 4.33. The van der Waals surface area contributed by atoms with Crippen molar-refractivity contribution in [2.24, 2.45) is 5.41 Å². The smallest absolute Gasteiger partial charge is 0.295 e. The average Bonchev–Trinajstić information content (AvgIpc) is 2.12. The molecule has 0 rings (SSSR count). The highest BCUT2D eigenvalue weighted by Gasteiger charge is 2.57. The van der Waals surface area contributed by atoms with E-state index in [2.05, 4.69) is 0 Å². The lowest BCUT2D eigenvalue weighted by Gasteiger charge is -2.26. The van der Waals surface area contributed by atoms with Gasteiger partial charge in [-0.1, -0.05) is 20.8 Å². The lowest BCUT2D eigenvalue weighted by atomic mass is 9.77. The summed E-state index contributed by atoms with van der Waals surface area (Å²) in [5, 5.41) is 0. The molecule has 0 aliphatic rings. The second kappa shape index (κ2) is 4.35. The Bertz CT molecular complexity index is 331. The predicted molar refractivity (Wildman–Crippen MR) is 50.0 cm³/mol. The number of Topliss-reactive ketones (excluding diaryl/α,β-unsaturated/α-hetero) is 3. The first kappa shape index (κ1) is 14.8. The van der Waals surface area contributed by atoms with Crippen molar-refractivity contribution < 1.29 is 27.6 Å². The van der Waals surface area contributed by atoms with Gasteiger partial charge in [-0.05, 0) is 6.92 Å². The Kier molecular flexibility index (Phi) is 4.02. The van der Waals surface area contributed by atoms with Gasteiger partial charge in [-0.25, -0.2) is 13.2 Å². The Morgan fingerprint density at radius 2 is 1.44 bits per heavy atom. The maximum absolute atomic E-state index is 13.9. The van der Waals surface area contributed by atoms with Crippen LogP contribution in [0.4, 0.5) is 13.2 Å². The summed E-state index contributed by atoms with van der Waals surface area (Å²) in [5.74, 6) is -5.25. The number of ketones is 3. The SMILES string of the molecule is CC(=O)C(F)(C(=O)C(F)F)C(=O)C(C)(C)C. The molecule has 0 saturated heterocycles. The fourth-order valence-electron chi connectivity index (χ4n) is 1.11. The highest BCUT2D eigenvalue weighted by atomic mass is 19.3. The van der Waals surface area contributed by atoms with Crippen molar-refractivity contribution in [2.45, 2.75) is 39.8 Å². The van der Waals surface area contributed by atoms with E-state index in [1.807, 2.05) is 0 Å². The standard InChI is InChI=1S/C10H13F3O3/c1-5(14)10(13,6(15)7(11)12)8(16)9(2,3)4/h7H,1-4H3. The molecule has 0 aromatic carbocycles. The maximum atomic E-state index is 13.9. The summed E-state index contributed by atoms with van der Waals surface area (Å²) in [7, 11) is 0. The zero-order valence-electron chi connectivity index (χ0n) is 9.44. The molecule has 0 saturated carbocycles. The fraction of sp³-hybridized carbons (Fsp3) is 0.700. The fourth-order valence-corrected chi connectivity index (χ4v) is 1.11. The van der Waals surface area contributed by atoms with E-state index >= 15 is 0 Å². The summed E-state index contributed by atoms with van der Waals surface area (Å²) in [5.41, 5.74) is -5.14. The molecule has 0 aromatic rings. The number of carbonyl (C=O) groups is 3. The van der Waals surface area contributed by atoms with E-state index in [1.165, 1.54) is 20.8 Å². The molecule has 92 valence electrons. The molecule has 6 heteroatoms. The van der Waals surface area contributed by atoms with Crippen LogP contribution < -0.4 is 0 Å². The first-order valence-corrected chi connectivity index (χ1v) is 4.53. The topological polar surface area (TPSA) is 51.2 Å². The van der Waals surface area contributed by atoms with Gasteiger partial charge in [0.15, 0.2) is 11.6 Å². The normalized spacial score (nSPS) is 15.8. The van der Waals surface area contributed by atoms with Crippen LogP contribution >= 0.6 is 0 Å². The van der Waals surface area contributed by atoms with Crippen molar-refractivity contribution in [3.05, 3.63) is 0 Å². The molecule has 0 heterocycles. The second-order valence-electron chi connectivity index (χ2n) is 4.46. The van der Waals surface area contributed by atoms with Crippen LogP contribution in [-0.2, 0) is 14.4 Å². The van der Waals surface area contributed by atoms with Crippen molar-refractivity contribution in [1.29, 1.82) is 0 Å². The molecule has 3 nitrogen and oxygen atoms in total. The van der Waals surface area contributed by atoms with Crippen molar-refractivity contribution in [2.75, 3.05) is 0 Å². The van der Waals surface area contributed by atoms with E-state index < -0.39 is 34.9 Å². The van der Waals surface area contributed by atoms with Gasteiger partial charge in [-0.2, -0.15) is 0 Å². The third-order valence-electron chi connectivity index (χ3n) is 2.02. The minimum Gasteiger partial charge on any atom is -0.295 e. The van der Waals surface area contributed by atoms with Gasteiger partial charge in [0.2, 0.25) is 0 Å². The minimum atomic E-state index is -3.74. The Labute approximate surface area is 91.0 Å². The van der Waals surface area contributed by atoms with Gasteiger partial charge in [0, 0.05) is 5.41 Å². The van der Waals surface area contributed by atoms with E-state index in [9.17, 15) is 27.6 Å². The molecule has 0 aliphatic carbocycles. The largest absolute Gasteiger partial charge is 0.300 e. The van der Waals surface area contributed by atoms with Crippen LogP contribution in [0.15, 0.2) is 0 Å². The summed E-state index contributed by atoms with van der Waals surface area (Å²) in [6.07, 6.45) is -3.69. The first-order chi connectivity index (χ1) is 6.95. The van der Waals surface area contributed by atoms with E-state index in [1.54, 1.807) is 0 Å². The van der Waals surface area contributed by atoms with Gasteiger partial charge in [-0.15, -0.1) is 0 Å². The van der Waals surface area contributed by atoms with E-state index in [0.29, 0.717) is 6.92 Å². The Morgan fingerprint density at radius 3 is 1.62 bits per heavy atom. The first-order valence-electron chi connectivity index (χ1n) is 4.53. The number of hydrogen-bond donors (Lipinski definition) is 0. The molecule has 16 heavy (non-hydrogen) atoms. The quantitative estimate of drug-likeness (QED) is 0.701. The van der Waals surface area contributed by atoms with Crippen LogP contribution in [0.3, 0.4) is 0 Å². The molecule has 1 atom stereocenters. The highest BCUT2D eigenvalue weighted by Crippen LogP contribution is 2.29. The number of rotatable bonds is 4. The third kappa shape index (κ3) is 2.48. The summed E-state index contributed by atoms with van der Waals surface area (Å²) < 4.78 is 38.2.